The van der Waals surface area contributed by atoms with E-state index >= 15 is 0 Å². The second-order valence-electron chi connectivity index (χ2n) is 3.72. The Morgan fingerprint density at radius 3 is 3.00 bits per heavy atom. The van der Waals surface area contributed by atoms with Crippen molar-refractivity contribution in [2.45, 2.75) is 26.3 Å². The normalized spacial score (nSPS) is 12.4. The van der Waals surface area contributed by atoms with Gasteiger partial charge in [0.15, 0.2) is 0 Å². The maximum absolute atomic E-state index is 11.9. The van der Waals surface area contributed by atoms with E-state index in [2.05, 4.69) is 24.0 Å². The Kier molecular flexibility index (Phi) is 5.38. The number of aromatic nitrogens is 2. The van der Waals surface area contributed by atoms with Crippen molar-refractivity contribution in [3.05, 3.63) is 18.0 Å². The van der Waals surface area contributed by atoms with Crippen LogP contribution in [-0.2, 0) is 0 Å². The van der Waals surface area contributed by atoms with Gasteiger partial charge in [-0.25, -0.2) is 0 Å². The number of nitrogens with zero attached hydrogens (tertiary/aromatic N) is 2. The summed E-state index contributed by atoms with van der Waals surface area (Å²) in [4.78, 5) is 13.7. The molecule has 1 heterocycles. The summed E-state index contributed by atoms with van der Waals surface area (Å²) >= 11 is 1.90. The molecule has 0 bridgehead atoms. The molecule has 0 aliphatic heterocycles. The van der Waals surface area contributed by atoms with E-state index in [0.29, 0.717) is 5.69 Å². The SMILES string of the molecule is CCSCC[C@H](C)N(C)C(=O)c1ccn[nH]1. The number of amides is 1. The molecule has 0 fully saturated rings. The molecule has 1 amide bonds. The fraction of sp³-hybridized carbons (Fsp3) is 0.636. The van der Waals surface area contributed by atoms with Gasteiger partial charge in [0.2, 0.25) is 0 Å². The summed E-state index contributed by atoms with van der Waals surface area (Å²) < 4.78 is 0. The van der Waals surface area contributed by atoms with E-state index in [4.69, 9.17) is 0 Å². The lowest BCUT2D eigenvalue weighted by atomic mass is 10.2. The summed E-state index contributed by atoms with van der Waals surface area (Å²) in [6, 6.07) is 1.96. The van der Waals surface area contributed by atoms with Gasteiger partial charge in [-0.05, 0) is 30.9 Å². The molecule has 4 nitrogen and oxygen atoms in total. The Morgan fingerprint density at radius 2 is 2.44 bits per heavy atom. The van der Waals surface area contributed by atoms with Gasteiger partial charge in [0, 0.05) is 19.3 Å². The number of hydrogen-bond donors (Lipinski definition) is 1. The van der Waals surface area contributed by atoms with Crippen molar-refractivity contribution in [2.24, 2.45) is 0 Å². The van der Waals surface area contributed by atoms with Crippen LogP contribution in [0.3, 0.4) is 0 Å². The summed E-state index contributed by atoms with van der Waals surface area (Å²) in [5.74, 6) is 2.23. The van der Waals surface area contributed by atoms with Gasteiger partial charge in [-0.3, -0.25) is 9.89 Å². The largest absolute Gasteiger partial charge is 0.338 e. The molecule has 0 aromatic carbocycles. The minimum Gasteiger partial charge on any atom is -0.338 e. The van der Waals surface area contributed by atoms with E-state index in [1.54, 1.807) is 17.2 Å². The van der Waals surface area contributed by atoms with Crippen molar-refractivity contribution in [3.63, 3.8) is 0 Å². The van der Waals surface area contributed by atoms with Gasteiger partial charge in [-0.2, -0.15) is 16.9 Å². The molecule has 5 heteroatoms. The predicted octanol–water partition coefficient (Wildman–Crippen LogP) is 2.01. The van der Waals surface area contributed by atoms with Crippen molar-refractivity contribution in [2.75, 3.05) is 18.6 Å². The van der Waals surface area contributed by atoms with E-state index in [-0.39, 0.29) is 11.9 Å². The molecule has 0 spiro atoms. The van der Waals surface area contributed by atoms with Gasteiger partial charge < -0.3 is 4.90 Å². The van der Waals surface area contributed by atoms with Crippen LogP contribution >= 0.6 is 11.8 Å². The summed E-state index contributed by atoms with van der Waals surface area (Å²) in [5, 5.41) is 6.48. The molecule has 1 rings (SSSR count). The quantitative estimate of drug-likeness (QED) is 0.775. The van der Waals surface area contributed by atoms with Gasteiger partial charge >= 0.3 is 0 Å². The first-order valence-corrected chi connectivity index (χ1v) is 6.66. The Balaban J connectivity index is 2.44. The highest BCUT2D eigenvalue weighted by Gasteiger charge is 2.17. The fourth-order valence-corrected chi connectivity index (χ4v) is 2.15. The molecule has 0 aliphatic rings. The zero-order valence-electron chi connectivity index (χ0n) is 10.1. The molecule has 0 saturated heterocycles. The monoisotopic (exact) mass is 241 g/mol. The molecule has 0 unspecified atom stereocenters. The van der Waals surface area contributed by atoms with Crippen molar-refractivity contribution < 1.29 is 4.79 Å². The molecule has 1 aromatic heterocycles. The van der Waals surface area contributed by atoms with Gasteiger partial charge in [0.25, 0.3) is 5.91 Å². The number of hydrogen-bond acceptors (Lipinski definition) is 3. The maximum atomic E-state index is 11.9. The van der Waals surface area contributed by atoms with E-state index in [0.717, 1.165) is 17.9 Å². The highest BCUT2D eigenvalue weighted by molar-refractivity contribution is 7.99. The topological polar surface area (TPSA) is 49.0 Å². The Morgan fingerprint density at radius 1 is 1.69 bits per heavy atom. The lowest BCUT2D eigenvalue weighted by Gasteiger charge is -2.24. The molecule has 1 N–H and O–H groups in total. The van der Waals surface area contributed by atoms with Crippen molar-refractivity contribution in [1.82, 2.24) is 15.1 Å². The first-order valence-electron chi connectivity index (χ1n) is 5.51. The number of nitrogens with one attached hydrogen (secondary N) is 1. The van der Waals surface area contributed by atoms with Crippen LogP contribution in [0.4, 0.5) is 0 Å². The first kappa shape index (κ1) is 13.1. The van der Waals surface area contributed by atoms with Gasteiger partial charge in [-0.1, -0.05) is 6.92 Å². The molecule has 1 aromatic rings. The third kappa shape index (κ3) is 3.56. The Labute approximate surface area is 101 Å². The van der Waals surface area contributed by atoms with Crippen LogP contribution in [0.2, 0.25) is 0 Å². The lowest BCUT2D eigenvalue weighted by molar-refractivity contribution is 0.0735. The van der Waals surface area contributed by atoms with Crippen LogP contribution < -0.4 is 0 Å². The number of thioether (sulfide) groups is 1. The number of carbonyl (C=O) groups excluding carboxylic acids is 1. The summed E-state index contributed by atoms with van der Waals surface area (Å²) in [6.07, 6.45) is 2.62. The Hall–Kier alpha value is -0.970. The number of aromatic amines is 1. The molecular formula is C11H19N3OS. The van der Waals surface area contributed by atoms with Crippen LogP contribution in [-0.4, -0.2) is 45.6 Å². The molecule has 1 atom stereocenters. The standard InChI is InChI=1S/C11H19N3OS/c1-4-16-8-6-9(2)14(3)11(15)10-5-7-12-13-10/h5,7,9H,4,6,8H2,1-3H3,(H,12,13)/t9-/m0/s1. The average Bonchev–Trinajstić information content (AvgIpc) is 2.80. The number of carbonyl (C=O) groups is 1. The smallest absolute Gasteiger partial charge is 0.271 e. The third-order valence-electron chi connectivity index (χ3n) is 2.60. The summed E-state index contributed by atoms with van der Waals surface area (Å²) in [6.45, 7) is 4.22. The zero-order chi connectivity index (χ0) is 12.0. The molecule has 90 valence electrons. The number of H-pyrrole nitrogens is 1. The van der Waals surface area contributed by atoms with Gasteiger partial charge in [-0.15, -0.1) is 0 Å². The fourth-order valence-electron chi connectivity index (χ4n) is 1.36. The summed E-state index contributed by atoms with van der Waals surface area (Å²) in [5.41, 5.74) is 0.553. The summed E-state index contributed by atoms with van der Waals surface area (Å²) in [7, 11) is 1.84. The molecule has 16 heavy (non-hydrogen) atoms. The van der Waals surface area contributed by atoms with Gasteiger partial charge in [0.1, 0.15) is 5.69 Å². The third-order valence-corrected chi connectivity index (χ3v) is 3.53. The van der Waals surface area contributed by atoms with E-state index < -0.39 is 0 Å². The first-order chi connectivity index (χ1) is 7.66. The van der Waals surface area contributed by atoms with Crippen LogP contribution in [0.15, 0.2) is 12.3 Å². The molecular weight excluding hydrogens is 222 g/mol. The van der Waals surface area contributed by atoms with Crippen LogP contribution in [0, 0.1) is 0 Å². The zero-order valence-corrected chi connectivity index (χ0v) is 10.9. The van der Waals surface area contributed by atoms with Gasteiger partial charge in [0.05, 0.1) is 0 Å². The van der Waals surface area contributed by atoms with Crippen LogP contribution in [0.25, 0.3) is 0 Å². The maximum Gasteiger partial charge on any atom is 0.271 e. The number of rotatable bonds is 6. The van der Waals surface area contributed by atoms with E-state index in [1.807, 2.05) is 18.8 Å². The van der Waals surface area contributed by atoms with Crippen LogP contribution in [0.5, 0.6) is 0 Å². The lowest BCUT2D eigenvalue weighted by Crippen LogP contribution is -2.35. The van der Waals surface area contributed by atoms with Crippen molar-refractivity contribution in [3.8, 4) is 0 Å². The van der Waals surface area contributed by atoms with Crippen molar-refractivity contribution >= 4 is 17.7 Å². The van der Waals surface area contributed by atoms with Crippen LogP contribution in [0.1, 0.15) is 30.8 Å². The second-order valence-corrected chi connectivity index (χ2v) is 5.11. The van der Waals surface area contributed by atoms with E-state index in [1.165, 1.54) is 0 Å². The van der Waals surface area contributed by atoms with E-state index in [9.17, 15) is 4.79 Å². The minimum atomic E-state index is 0.00602. The Bertz CT molecular complexity index is 313. The minimum absolute atomic E-state index is 0.00602. The predicted molar refractivity (Wildman–Crippen MR) is 67.8 cm³/mol. The average molecular weight is 241 g/mol. The highest BCUT2D eigenvalue weighted by Crippen LogP contribution is 2.10. The molecule has 0 radical (unpaired) electrons. The highest BCUT2D eigenvalue weighted by atomic mass is 32.2. The molecule has 0 saturated carbocycles. The van der Waals surface area contributed by atoms with Crippen molar-refractivity contribution in [1.29, 1.82) is 0 Å². The molecule has 0 aliphatic carbocycles. The second kappa shape index (κ2) is 6.58.